The molecule has 2 aliphatic rings. The Morgan fingerprint density at radius 1 is 1.50 bits per heavy atom. The Kier molecular flexibility index (Phi) is 3.01. The fraction of sp³-hybridized carbons (Fsp3) is 0.562. The van der Waals surface area contributed by atoms with Crippen LogP contribution in [0, 0.1) is 5.92 Å². The number of fused-ring (bicyclic) bond motifs is 4. The fourth-order valence-electron chi connectivity index (χ4n) is 4.04. The molecule has 1 aromatic rings. The van der Waals surface area contributed by atoms with Crippen LogP contribution in [-0.2, 0) is 16.6 Å². The molecule has 108 valence electrons. The smallest absolute Gasteiger partial charge is 0.309 e. The molecule has 20 heavy (non-hydrogen) atoms. The van der Waals surface area contributed by atoms with Gasteiger partial charge in [0.15, 0.2) is 0 Å². The van der Waals surface area contributed by atoms with E-state index in [2.05, 4.69) is 17.9 Å². The number of carbonyl (C=O) groups is 1. The van der Waals surface area contributed by atoms with Crippen LogP contribution in [0.2, 0.25) is 0 Å². The van der Waals surface area contributed by atoms with Gasteiger partial charge in [0, 0.05) is 11.5 Å². The molecule has 2 bridgehead atoms. The van der Waals surface area contributed by atoms with Gasteiger partial charge in [0.05, 0.1) is 13.0 Å². The summed E-state index contributed by atoms with van der Waals surface area (Å²) in [6.07, 6.45) is 1.68. The maximum Gasteiger partial charge on any atom is 0.309 e. The summed E-state index contributed by atoms with van der Waals surface area (Å²) in [4.78, 5) is 14.0. The van der Waals surface area contributed by atoms with Crippen LogP contribution in [0.15, 0.2) is 18.2 Å². The Morgan fingerprint density at radius 3 is 2.90 bits per heavy atom. The lowest BCUT2D eigenvalue weighted by atomic mass is 9.58. The number of hydrogen-bond acceptors (Lipinski definition) is 3. The van der Waals surface area contributed by atoms with E-state index < -0.39 is 5.97 Å². The van der Waals surface area contributed by atoms with Crippen LogP contribution in [0.25, 0.3) is 0 Å². The van der Waals surface area contributed by atoms with Crippen molar-refractivity contribution in [2.24, 2.45) is 5.92 Å². The third kappa shape index (κ3) is 1.74. The number of hydrogen-bond donors (Lipinski definition) is 1. The molecule has 1 saturated heterocycles. The summed E-state index contributed by atoms with van der Waals surface area (Å²) >= 11 is 0. The number of piperidine rings is 1. The lowest BCUT2D eigenvalue weighted by Crippen LogP contribution is -2.60. The number of likely N-dealkylation sites (tertiary alicyclic amines) is 1. The number of nitrogens with zero attached hydrogens (tertiary/aromatic N) is 1. The van der Waals surface area contributed by atoms with E-state index >= 15 is 0 Å². The number of carboxylic acid groups (broad SMARTS) is 1. The highest BCUT2D eigenvalue weighted by atomic mass is 16.5. The van der Waals surface area contributed by atoms with Crippen molar-refractivity contribution >= 4 is 5.97 Å². The van der Waals surface area contributed by atoms with Gasteiger partial charge in [-0.3, -0.25) is 4.79 Å². The fourth-order valence-corrected chi connectivity index (χ4v) is 4.04. The molecule has 0 amide bonds. The summed E-state index contributed by atoms with van der Waals surface area (Å²) in [5.41, 5.74) is 2.13. The van der Waals surface area contributed by atoms with E-state index in [0.29, 0.717) is 0 Å². The van der Waals surface area contributed by atoms with E-state index in [9.17, 15) is 9.90 Å². The number of aliphatic carboxylic acids is 1. The summed E-state index contributed by atoms with van der Waals surface area (Å²) in [6.45, 7) is 3.05. The molecule has 0 radical (unpaired) electrons. The third-order valence-corrected chi connectivity index (χ3v) is 5.25. The van der Waals surface area contributed by atoms with Crippen LogP contribution in [0.1, 0.15) is 24.5 Å². The Hall–Kier alpha value is -1.55. The standard InChI is InChI=1S/C16H21NO3/c1-16-6-7-17(2)13(14(16)15(18)19)8-10-4-5-11(20-3)9-12(10)16/h4-5,9,13-14H,6-8H2,1-3H3,(H,18,19)/t13-,14-,16-/m1/s1. The van der Waals surface area contributed by atoms with Crippen LogP contribution >= 0.6 is 0 Å². The molecule has 0 aromatic heterocycles. The number of rotatable bonds is 2. The molecule has 0 spiro atoms. The zero-order valence-corrected chi connectivity index (χ0v) is 12.2. The molecule has 3 atom stereocenters. The van der Waals surface area contributed by atoms with Gasteiger partial charge in [-0.25, -0.2) is 0 Å². The van der Waals surface area contributed by atoms with Crippen molar-refractivity contribution in [3.05, 3.63) is 29.3 Å². The highest BCUT2D eigenvalue weighted by Gasteiger charge is 2.53. The molecular formula is C16H21NO3. The van der Waals surface area contributed by atoms with Gasteiger partial charge in [-0.2, -0.15) is 0 Å². The first-order chi connectivity index (χ1) is 9.47. The average Bonchev–Trinajstić information content (AvgIpc) is 2.42. The van der Waals surface area contributed by atoms with E-state index in [1.165, 1.54) is 5.56 Å². The van der Waals surface area contributed by atoms with E-state index in [4.69, 9.17) is 4.74 Å². The Bertz CT molecular complexity index is 557. The molecule has 1 aliphatic heterocycles. The number of benzene rings is 1. The predicted octanol–water partition coefficient (Wildman–Crippen LogP) is 1.91. The molecule has 1 aromatic carbocycles. The molecule has 4 heteroatoms. The summed E-state index contributed by atoms with van der Waals surface area (Å²) in [5, 5.41) is 9.72. The first-order valence-corrected chi connectivity index (χ1v) is 7.08. The van der Waals surface area contributed by atoms with Crippen molar-refractivity contribution in [1.82, 2.24) is 4.90 Å². The number of carboxylic acids is 1. The highest BCUT2D eigenvalue weighted by Crippen LogP contribution is 2.49. The Labute approximate surface area is 119 Å². The highest BCUT2D eigenvalue weighted by molar-refractivity contribution is 5.75. The van der Waals surface area contributed by atoms with Gasteiger partial charge in [0.2, 0.25) is 0 Å². The minimum absolute atomic E-state index is 0.0899. The van der Waals surface area contributed by atoms with Gasteiger partial charge in [-0.1, -0.05) is 13.0 Å². The van der Waals surface area contributed by atoms with Gasteiger partial charge in [0.1, 0.15) is 5.75 Å². The van der Waals surface area contributed by atoms with Crippen molar-refractivity contribution < 1.29 is 14.6 Å². The van der Waals surface area contributed by atoms with Crippen LogP contribution in [0.5, 0.6) is 5.75 Å². The topological polar surface area (TPSA) is 49.8 Å². The Morgan fingerprint density at radius 2 is 2.25 bits per heavy atom. The maximum absolute atomic E-state index is 11.8. The first-order valence-electron chi connectivity index (χ1n) is 7.08. The molecule has 0 saturated carbocycles. The molecular weight excluding hydrogens is 254 g/mol. The number of ether oxygens (including phenoxy) is 1. The lowest BCUT2D eigenvalue weighted by molar-refractivity contribution is -0.150. The first kappa shape index (κ1) is 13.4. The summed E-state index contributed by atoms with van der Waals surface area (Å²) in [7, 11) is 3.69. The van der Waals surface area contributed by atoms with Crippen LogP contribution in [0.3, 0.4) is 0 Å². The largest absolute Gasteiger partial charge is 0.497 e. The quantitative estimate of drug-likeness (QED) is 0.896. The molecule has 0 unspecified atom stereocenters. The predicted molar refractivity (Wildman–Crippen MR) is 76.2 cm³/mol. The summed E-state index contributed by atoms with van der Waals surface area (Å²) < 4.78 is 5.32. The average molecular weight is 275 g/mol. The lowest BCUT2D eigenvalue weighted by Gasteiger charge is -2.52. The van der Waals surface area contributed by atoms with Crippen molar-refractivity contribution in [3.8, 4) is 5.75 Å². The van der Waals surface area contributed by atoms with Gasteiger partial charge in [0.25, 0.3) is 0 Å². The van der Waals surface area contributed by atoms with E-state index in [1.54, 1.807) is 7.11 Å². The summed E-state index contributed by atoms with van der Waals surface area (Å²) in [5.74, 6) is -0.218. The monoisotopic (exact) mass is 275 g/mol. The van der Waals surface area contributed by atoms with Crippen LogP contribution < -0.4 is 4.74 Å². The molecule has 4 nitrogen and oxygen atoms in total. The Balaban J connectivity index is 2.17. The van der Waals surface area contributed by atoms with Gasteiger partial charge in [-0.15, -0.1) is 0 Å². The maximum atomic E-state index is 11.8. The normalized spacial score (nSPS) is 32.5. The second-order valence-corrected chi connectivity index (χ2v) is 6.26. The molecule has 3 rings (SSSR count). The molecule has 1 heterocycles. The molecule has 1 N–H and O–H groups in total. The van der Waals surface area contributed by atoms with E-state index in [-0.39, 0.29) is 17.4 Å². The molecule has 1 fully saturated rings. The van der Waals surface area contributed by atoms with E-state index in [0.717, 1.165) is 30.7 Å². The third-order valence-electron chi connectivity index (χ3n) is 5.25. The van der Waals surface area contributed by atoms with Crippen LogP contribution in [0.4, 0.5) is 0 Å². The summed E-state index contributed by atoms with van der Waals surface area (Å²) in [6, 6.07) is 6.19. The van der Waals surface area contributed by atoms with Crippen molar-refractivity contribution in [1.29, 1.82) is 0 Å². The van der Waals surface area contributed by atoms with Gasteiger partial charge in [-0.05, 0) is 49.7 Å². The van der Waals surface area contributed by atoms with Gasteiger partial charge < -0.3 is 14.7 Å². The van der Waals surface area contributed by atoms with Crippen molar-refractivity contribution in [3.63, 3.8) is 0 Å². The second kappa shape index (κ2) is 4.48. The van der Waals surface area contributed by atoms with Crippen molar-refractivity contribution in [2.45, 2.75) is 31.2 Å². The van der Waals surface area contributed by atoms with E-state index in [1.807, 2.05) is 19.2 Å². The van der Waals surface area contributed by atoms with Crippen LogP contribution in [-0.4, -0.2) is 42.7 Å². The minimum atomic E-state index is -0.683. The number of methoxy groups -OCH3 is 1. The number of likely N-dealkylation sites (N-methyl/N-ethyl adjacent to an activating group) is 1. The molecule has 1 aliphatic carbocycles. The minimum Gasteiger partial charge on any atom is -0.497 e. The second-order valence-electron chi connectivity index (χ2n) is 6.26. The SMILES string of the molecule is COc1ccc2c(c1)[C@@]1(C)CCN(C)[C@H](C2)[C@@H]1C(=O)O. The van der Waals surface area contributed by atoms with Crippen molar-refractivity contribution in [2.75, 3.05) is 20.7 Å². The zero-order chi connectivity index (χ0) is 14.5. The van der Waals surface area contributed by atoms with Gasteiger partial charge >= 0.3 is 5.97 Å². The zero-order valence-electron chi connectivity index (χ0n) is 12.2.